The number of H-pyrrole nitrogens is 1. The molecule has 0 saturated heterocycles. The smallest absolute Gasteiger partial charge is 0.361 e. The number of rotatable bonds is 6. The number of hydrogen-bond donors (Lipinski definition) is 2. The van der Waals surface area contributed by atoms with E-state index in [0.29, 0.717) is 12.1 Å². The fourth-order valence-corrected chi connectivity index (χ4v) is 3.24. The van der Waals surface area contributed by atoms with Gasteiger partial charge in [0.25, 0.3) is 0 Å². The largest absolute Gasteiger partial charge is 0.416 e. The first-order chi connectivity index (χ1) is 12.9. The first-order valence-corrected chi connectivity index (χ1v) is 8.90. The molecule has 0 radical (unpaired) electrons. The average Bonchev–Trinajstić information content (AvgIpc) is 3.08. The highest BCUT2D eigenvalue weighted by Crippen LogP contribution is 2.36. The molecule has 3 nitrogen and oxygen atoms in total. The summed E-state index contributed by atoms with van der Waals surface area (Å²) in [4.78, 5) is 15.5. The number of nitrogens with one attached hydrogen (secondary N) is 2. The van der Waals surface area contributed by atoms with E-state index in [0.717, 1.165) is 35.0 Å². The lowest BCUT2D eigenvalue weighted by Crippen LogP contribution is -2.26. The third kappa shape index (κ3) is 4.32. The van der Waals surface area contributed by atoms with E-state index in [1.165, 1.54) is 6.07 Å². The summed E-state index contributed by atoms with van der Waals surface area (Å²) in [5, 5.41) is 3.72. The van der Waals surface area contributed by atoms with Crippen LogP contribution in [0, 0.1) is 0 Å². The number of carbonyl (C=O) groups is 1. The van der Waals surface area contributed by atoms with Crippen LogP contribution in [0.2, 0.25) is 0 Å². The summed E-state index contributed by atoms with van der Waals surface area (Å²) in [5.74, 6) is -0.648. The van der Waals surface area contributed by atoms with Gasteiger partial charge in [-0.25, -0.2) is 0 Å². The maximum atomic E-state index is 13.2. The SMILES string of the molecule is CCCNC(=O)C[C@H](c1cccc(C(F)(F)F)c1)c1c[nH]c2ccccc12. The molecule has 1 heterocycles. The van der Waals surface area contributed by atoms with E-state index in [1.54, 1.807) is 12.3 Å². The number of fused-ring (bicyclic) bond motifs is 1. The Kier molecular flexibility index (Phi) is 5.54. The molecule has 3 aromatic rings. The van der Waals surface area contributed by atoms with Crippen molar-refractivity contribution in [2.45, 2.75) is 31.9 Å². The topological polar surface area (TPSA) is 44.9 Å². The predicted octanol–water partition coefficient (Wildman–Crippen LogP) is 5.23. The first-order valence-electron chi connectivity index (χ1n) is 8.90. The van der Waals surface area contributed by atoms with Crippen molar-refractivity contribution in [1.29, 1.82) is 0 Å². The second kappa shape index (κ2) is 7.86. The minimum absolute atomic E-state index is 0.0865. The van der Waals surface area contributed by atoms with Gasteiger partial charge in [-0.3, -0.25) is 4.79 Å². The number of halogens is 3. The van der Waals surface area contributed by atoms with Crippen LogP contribution >= 0.6 is 0 Å². The Balaban J connectivity index is 2.04. The molecule has 1 amide bonds. The van der Waals surface area contributed by atoms with Crippen LogP contribution in [0.5, 0.6) is 0 Å². The summed E-state index contributed by atoms with van der Waals surface area (Å²) in [5.41, 5.74) is 1.47. The Morgan fingerprint density at radius 3 is 2.67 bits per heavy atom. The minimum Gasteiger partial charge on any atom is -0.361 e. The van der Waals surface area contributed by atoms with Crippen LogP contribution in [0.25, 0.3) is 10.9 Å². The normalized spacial score (nSPS) is 12.9. The van der Waals surface area contributed by atoms with E-state index in [9.17, 15) is 18.0 Å². The van der Waals surface area contributed by atoms with Gasteiger partial charge in [0.1, 0.15) is 0 Å². The van der Waals surface area contributed by atoms with Gasteiger partial charge in [0.15, 0.2) is 0 Å². The lowest BCUT2D eigenvalue weighted by Gasteiger charge is -2.19. The molecule has 0 unspecified atom stereocenters. The number of para-hydroxylation sites is 1. The van der Waals surface area contributed by atoms with E-state index in [1.807, 2.05) is 31.2 Å². The second-order valence-corrected chi connectivity index (χ2v) is 6.52. The number of carbonyl (C=O) groups excluding carboxylic acids is 1. The van der Waals surface area contributed by atoms with Gasteiger partial charge in [-0.15, -0.1) is 0 Å². The van der Waals surface area contributed by atoms with Gasteiger partial charge >= 0.3 is 6.18 Å². The predicted molar refractivity (Wildman–Crippen MR) is 99.5 cm³/mol. The van der Waals surface area contributed by atoms with Crippen molar-refractivity contribution in [2.24, 2.45) is 0 Å². The van der Waals surface area contributed by atoms with Gasteiger partial charge in [-0.2, -0.15) is 13.2 Å². The molecule has 0 spiro atoms. The zero-order valence-corrected chi connectivity index (χ0v) is 14.9. The Hall–Kier alpha value is -2.76. The Morgan fingerprint density at radius 1 is 1.15 bits per heavy atom. The number of benzene rings is 2. The average molecular weight is 374 g/mol. The molecule has 1 aromatic heterocycles. The second-order valence-electron chi connectivity index (χ2n) is 6.52. The standard InChI is InChI=1S/C21H21F3N2O/c1-2-10-25-20(27)12-17(14-6-5-7-15(11-14)21(22,23)24)18-13-26-19-9-4-3-8-16(18)19/h3-9,11,13,17,26H,2,10,12H2,1H3,(H,25,27)/t17-/m1/s1. The van der Waals surface area contributed by atoms with E-state index in [2.05, 4.69) is 10.3 Å². The number of alkyl halides is 3. The van der Waals surface area contributed by atoms with Crippen LogP contribution in [-0.2, 0) is 11.0 Å². The van der Waals surface area contributed by atoms with Crippen molar-refractivity contribution in [1.82, 2.24) is 10.3 Å². The van der Waals surface area contributed by atoms with Crippen LogP contribution in [0.3, 0.4) is 0 Å². The molecule has 6 heteroatoms. The highest BCUT2D eigenvalue weighted by Gasteiger charge is 2.31. The van der Waals surface area contributed by atoms with Crippen molar-refractivity contribution in [3.05, 3.63) is 71.4 Å². The Labute approximate surface area is 155 Å². The molecule has 1 atom stereocenters. The number of amides is 1. The van der Waals surface area contributed by atoms with E-state index >= 15 is 0 Å². The van der Waals surface area contributed by atoms with Crippen molar-refractivity contribution >= 4 is 16.8 Å². The van der Waals surface area contributed by atoms with E-state index < -0.39 is 17.7 Å². The van der Waals surface area contributed by atoms with Gasteiger partial charge < -0.3 is 10.3 Å². The molecule has 0 fully saturated rings. The molecule has 27 heavy (non-hydrogen) atoms. The lowest BCUT2D eigenvalue weighted by molar-refractivity contribution is -0.137. The molecule has 0 saturated carbocycles. The van der Waals surface area contributed by atoms with Gasteiger partial charge in [-0.05, 0) is 29.7 Å². The van der Waals surface area contributed by atoms with Crippen molar-refractivity contribution in [3.63, 3.8) is 0 Å². The molecule has 0 aliphatic heterocycles. The molecule has 2 N–H and O–H groups in total. The summed E-state index contributed by atoms with van der Waals surface area (Å²) in [7, 11) is 0. The van der Waals surface area contributed by atoms with Crippen molar-refractivity contribution in [3.8, 4) is 0 Å². The van der Waals surface area contributed by atoms with Gasteiger partial charge in [0, 0.05) is 36.0 Å². The summed E-state index contributed by atoms with van der Waals surface area (Å²) >= 11 is 0. The van der Waals surface area contributed by atoms with Gasteiger partial charge in [0.05, 0.1) is 5.56 Å². The van der Waals surface area contributed by atoms with Gasteiger partial charge in [0.2, 0.25) is 5.91 Å². The van der Waals surface area contributed by atoms with Crippen molar-refractivity contribution in [2.75, 3.05) is 6.54 Å². The molecule has 0 bridgehead atoms. The zero-order valence-electron chi connectivity index (χ0n) is 14.9. The molecule has 0 aliphatic carbocycles. The summed E-state index contributed by atoms with van der Waals surface area (Å²) < 4.78 is 39.5. The van der Waals surface area contributed by atoms with E-state index in [-0.39, 0.29) is 12.3 Å². The summed E-state index contributed by atoms with van der Waals surface area (Å²) in [6.45, 7) is 2.49. The molecule has 142 valence electrons. The minimum atomic E-state index is -4.43. The highest BCUT2D eigenvalue weighted by atomic mass is 19.4. The lowest BCUT2D eigenvalue weighted by atomic mass is 9.87. The van der Waals surface area contributed by atoms with Crippen LogP contribution in [-0.4, -0.2) is 17.4 Å². The monoisotopic (exact) mass is 374 g/mol. The van der Waals surface area contributed by atoms with Crippen LogP contribution in [0.1, 0.15) is 42.4 Å². The molecular formula is C21H21F3N2O. The van der Waals surface area contributed by atoms with Crippen molar-refractivity contribution < 1.29 is 18.0 Å². The summed E-state index contributed by atoms with van der Waals surface area (Å²) in [6, 6.07) is 12.8. The van der Waals surface area contributed by atoms with Crippen LogP contribution < -0.4 is 5.32 Å². The van der Waals surface area contributed by atoms with E-state index in [4.69, 9.17) is 0 Å². The fourth-order valence-electron chi connectivity index (χ4n) is 3.24. The molecule has 2 aromatic carbocycles. The first kappa shape index (κ1) is 19.0. The van der Waals surface area contributed by atoms with Crippen LogP contribution in [0.4, 0.5) is 13.2 Å². The van der Waals surface area contributed by atoms with Gasteiger partial charge in [-0.1, -0.05) is 43.3 Å². The quantitative estimate of drug-likeness (QED) is 0.609. The number of aromatic amines is 1. The number of aromatic nitrogens is 1. The fraction of sp³-hybridized carbons (Fsp3) is 0.286. The highest BCUT2D eigenvalue weighted by molar-refractivity contribution is 5.86. The third-order valence-electron chi connectivity index (χ3n) is 4.57. The maximum absolute atomic E-state index is 13.2. The molecule has 3 rings (SSSR count). The molecule has 0 aliphatic rings. The zero-order chi connectivity index (χ0) is 19.4. The summed E-state index contributed by atoms with van der Waals surface area (Å²) in [6.07, 6.45) is -1.76. The Morgan fingerprint density at radius 2 is 1.93 bits per heavy atom. The number of hydrogen-bond acceptors (Lipinski definition) is 1. The van der Waals surface area contributed by atoms with Crippen LogP contribution in [0.15, 0.2) is 54.7 Å². The molecular weight excluding hydrogens is 353 g/mol. The third-order valence-corrected chi connectivity index (χ3v) is 4.57. The maximum Gasteiger partial charge on any atom is 0.416 e. The Bertz CT molecular complexity index is 930.